The van der Waals surface area contributed by atoms with Crippen molar-refractivity contribution < 1.29 is 9.53 Å². The lowest BCUT2D eigenvalue weighted by Crippen LogP contribution is -2.16. The van der Waals surface area contributed by atoms with E-state index in [1.54, 1.807) is 13.0 Å². The first-order chi connectivity index (χ1) is 8.32. The first-order valence-electron chi connectivity index (χ1n) is 5.66. The summed E-state index contributed by atoms with van der Waals surface area (Å²) in [6, 6.07) is 1.80. The van der Waals surface area contributed by atoms with E-state index >= 15 is 0 Å². The van der Waals surface area contributed by atoms with E-state index in [-0.39, 0.29) is 17.1 Å². The zero-order valence-electron chi connectivity index (χ0n) is 11.0. The van der Waals surface area contributed by atoms with Crippen LogP contribution in [0.4, 0.5) is 0 Å². The van der Waals surface area contributed by atoms with Crippen molar-refractivity contribution in [2.75, 3.05) is 12.4 Å². The van der Waals surface area contributed by atoms with Gasteiger partial charge in [0.2, 0.25) is 0 Å². The number of nitrogens with zero attached hydrogens (tertiary/aromatic N) is 2. The second kappa shape index (κ2) is 6.52. The topological polar surface area (TPSA) is 52.1 Å². The van der Waals surface area contributed by atoms with Crippen molar-refractivity contribution in [2.24, 2.45) is 0 Å². The normalized spacial score (nSPS) is 11.4. The second-order valence-corrected chi connectivity index (χ2v) is 6.50. The average Bonchev–Trinajstić information content (AvgIpc) is 2.25. The summed E-state index contributed by atoms with van der Waals surface area (Å²) in [6.45, 7) is 8.35. The van der Waals surface area contributed by atoms with Crippen LogP contribution in [0.2, 0.25) is 0 Å². The van der Waals surface area contributed by atoms with Gasteiger partial charge in [0.05, 0.1) is 12.4 Å². The van der Waals surface area contributed by atoms with Crippen LogP contribution in [0.5, 0.6) is 0 Å². The fraction of sp³-hybridized carbons (Fsp3) is 0.583. The lowest BCUT2D eigenvalue weighted by molar-refractivity contribution is -0.139. The van der Waals surface area contributed by atoms with Crippen molar-refractivity contribution in [1.29, 1.82) is 0 Å². The first kappa shape index (κ1) is 15.4. The van der Waals surface area contributed by atoms with E-state index in [1.165, 1.54) is 11.8 Å². The van der Waals surface area contributed by atoms with E-state index < -0.39 is 0 Å². The van der Waals surface area contributed by atoms with Crippen molar-refractivity contribution in [3.63, 3.8) is 0 Å². The van der Waals surface area contributed by atoms with E-state index in [0.29, 0.717) is 6.61 Å². The molecular formula is C12H17BrN2O2S. The lowest BCUT2D eigenvalue weighted by Gasteiger charge is -2.17. The van der Waals surface area contributed by atoms with Crippen LogP contribution >= 0.6 is 27.7 Å². The summed E-state index contributed by atoms with van der Waals surface area (Å²) in [5.74, 6) is 0.790. The molecule has 4 nitrogen and oxygen atoms in total. The van der Waals surface area contributed by atoms with E-state index in [1.807, 2.05) is 0 Å². The Morgan fingerprint density at radius 2 is 2.11 bits per heavy atom. The van der Waals surface area contributed by atoms with Crippen LogP contribution in [0.3, 0.4) is 0 Å². The Labute approximate surface area is 120 Å². The summed E-state index contributed by atoms with van der Waals surface area (Å²) in [4.78, 5) is 20.1. The Kier molecular flexibility index (Phi) is 5.59. The van der Waals surface area contributed by atoms with Crippen LogP contribution in [0.25, 0.3) is 0 Å². The number of ether oxygens (including phenoxy) is 1. The highest BCUT2D eigenvalue weighted by molar-refractivity contribution is 9.10. The maximum atomic E-state index is 11.3. The lowest BCUT2D eigenvalue weighted by atomic mass is 9.96. The van der Waals surface area contributed by atoms with Gasteiger partial charge in [0.25, 0.3) is 0 Å². The number of aromatic nitrogens is 2. The van der Waals surface area contributed by atoms with Crippen LogP contribution in [0.1, 0.15) is 33.5 Å². The van der Waals surface area contributed by atoms with Gasteiger partial charge in [-0.05, 0) is 22.9 Å². The first-order valence-corrected chi connectivity index (χ1v) is 7.44. The van der Waals surface area contributed by atoms with E-state index in [2.05, 4.69) is 46.7 Å². The van der Waals surface area contributed by atoms with Gasteiger partial charge in [-0.1, -0.05) is 32.5 Å². The highest BCUT2D eigenvalue weighted by Crippen LogP contribution is 2.25. The Morgan fingerprint density at radius 1 is 1.44 bits per heavy atom. The molecule has 1 aromatic rings. The third-order valence-electron chi connectivity index (χ3n) is 1.99. The number of hydrogen-bond acceptors (Lipinski definition) is 5. The third kappa shape index (κ3) is 4.94. The molecule has 0 aliphatic heterocycles. The molecular weight excluding hydrogens is 316 g/mol. The van der Waals surface area contributed by atoms with Crippen LogP contribution in [0.15, 0.2) is 15.7 Å². The smallest absolute Gasteiger partial charge is 0.316 e. The molecule has 0 unspecified atom stereocenters. The number of thioether (sulfide) groups is 1. The summed E-state index contributed by atoms with van der Waals surface area (Å²) >= 11 is 4.72. The van der Waals surface area contributed by atoms with Crippen molar-refractivity contribution >= 4 is 33.7 Å². The molecule has 0 aliphatic carbocycles. The summed E-state index contributed by atoms with van der Waals surface area (Å²) in [5, 5.41) is 0.773. The minimum absolute atomic E-state index is 0.122. The molecule has 0 N–H and O–H groups in total. The Balaban J connectivity index is 2.78. The molecule has 100 valence electrons. The minimum atomic E-state index is -0.227. The van der Waals surface area contributed by atoms with Gasteiger partial charge >= 0.3 is 5.97 Å². The monoisotopic (exact) mass is 332 g/mol. The number of rotatable bonds is 4. The standard InChI is InChI=1S/C12H17BrN2O2S/c1-5-17-10(16)7-18-9-6-8(13)14-11(15-9)12(2,3)4/h6H,5,7H2,1-4H3. The maximum Gasteiger partial charge on any atom is 0.316 e. The highest BCUT2D eigenvalue weighted by atomic mass is 79.9. The molecule has 0 bridgehead atoms. The van der Waals surface area contributed by atoms with Crippen molar-refractivity contribution in [3.05, 3.63) is 16.5 Å². The molecule has 0 amide bonds. The van der Waals surface area contributed by atoms with Crippen LogP contribution < -0.4 is 0 Å². The maximum absolute atomic E-state index is 11.3. The second-order valence-electron chi connectivity index (χ2n) is 4.70. The Bertz CT molecular complexity index is 433. The zero-order valence-corrected chi connectivity index (χ0v) is 13.4. The van der Waals surface area contributed by atoms with Crippen molar-refractivity contribution in [3.8, 4) is 0 Å². The number of halogens is 1. The van der Waals surface area contributed by atoms with Crippen LogP contribution in [0, 0.1) is 0 Å². The SMILES string of the molecule is CCOC(=O)CSc1cc(Br)nc(C(C)(C)C)n1. The van der Waals surface area contributed by atoms with Crippen LogP contribution in [-0.2, 0) is 14.9 Å². The molecule has 18 heavy (non-hydrogen) atoms. The van der Waals surface area contributed by atoms with Gasteiger partial charge in [-0.25, -0.2) is 9.97 Å². The molecule has 0 fully saturated rings. The molecule has 1 aromatic heterocycles. The molecule has 0 radical (unpaired) electrons. The predicted molar refractivity (Wildman–Crippen MR) is 75.8 cm³/mol. The Hall–Kier alpha value is -0.620. The summed E-state index contributed by atoms with van der Waals surface area (Å²) in [6.07, 6.45) is 0. The van der Waals surface area contributed by atoms with Gasteiger partial charge < -0.3 is 4.74 Å². The molecule has 0 saturated heterocycles. The number of esters is 1. The van der Waals surface area contributed by atoms with E-state index in [0.717, 1.165) is 15.5 Å². The molecule has 0 spiro atoms. The fourth-order valence-corrected chi connectivity index (χ4v) is 2.37. The predicted octanol–water partition coefficient (Wildman–Crippen LogP) is 3.19. The van der Waals surface area contributed by atoms with E-state index in [9.17, 15) is 4.79 Å². The van der Waals surface area contributed by atoms with Gasteiger partial charge in [0.1, 0.15) is 15.5 Å². The molecule has 0 aliphatic rings. The fourth-order valence-electron chi connectivity index (χ4n) is 1.14. The van der Waals surface area contributed by atoms with Gasteiger partial charge in [-0.2, -0.15) is 0 Å². The Morgan fingerprint density at radius 3 is 2.67 bits per heavy atom. The van der Waals surface area contributed by atoms with Crippen molar-refractivity contribution in [1.82, 2.24) is 9.97 Å². The molecule has 1 heterocycles. The minimum Gasteiger partial charge on any atom is -0.465 e. The van der Waals surface area contributed by atoms with Crippen molar-refractivity contribution in [2.45, 2.75) is 38.1 Å². The van der Waals surface area contributed by atoms with Gasteiger partial charge in [0.15, 0.2) is 0 Å². The third-order valence-corrected chi connectivity index (χ3v) is 3.28. The molecule has 0 atom stereocenters. The number of carbonyl (C=O) groups excluding carboxylic acids is 1. The van der Waals surface area contributed by atoms with Crippen LogP contribution in [-0.4, -0.2) is 28.3 Å². The summed E-state index contributed by atoms with van der Waals surface area (Å²) in [5.41, 5.74) is -0.122. The highest BCUT2D eigenvalue weighted by Gasteiger charge is 2.19. The van der Waals surface area contributed by atoms with Gasteiger partial charge in [0, 0.05) is 11.5 Å². The zero-order chi connectivity index (χ0) is 13.8. The molecule has 0 saturated carbocycles. The summed E-state index contributed by atoms with van der Waals surface area (Å²) in [7, 11) is 0. The van der Waals surface area contributed by atoms with E-state index in [4.69, 9.17) is 4.74 Å². The molecule has 0 aromatic carbocycles. The quantitative estimate of drug-likeness (QED) is 0.481. The average molecular weight is 333 g/mol. The van der Waals surface area contributed by atoms with Gasteiger partial charge in [-0.15, -0.1) is 0 Å². The van der Waals surface area contributed by atoms with Gasteiger partial charge in [-0.3, -0.25) is 4.79 Å². The largest absolute Gasteiger partial charge is 0.465 e. The summed E-state index contributed by atoms with van der Waals surface area (Å²) < 4.78 is 5.61. The number of carbonyl (C=O) groups is 1. The molecule has 1 rings (SSSR count). The molecule has 6 heteroatoms. The number of hydrogen-bond donors (Lipinski definition) is 0.